The van der Waals surface area contributed by atoms with Crippen LogP contribution in [0, 0.1) is 0 Å². The molecule has 0 fully saturated rings. The molecule has 0 heterocycles. The van der Waals surface area contributed by atoms with Crippen LogP contribution >= 0.6 is 0 Å². The molecule has 1 unspecified atom stereocenters. The quantitative estimate of drug-likeness (QED) is 0.859. The molecule has 0 bridgehead atoms. The molecule has 0 radical (unpaired) electrons. The normalized spacial score (nSPS) is 13.3. The van der Waals surface area contributed by atoms with E-state index in [1.165, 1.54) is 7.11 Å². The first-order valence-corrected chi connectivity index (χ1v) is 7.84. The fourth-order valence-electron chi connectivity index (χ4n) is 1.81. The van der Waals surface area contributed by atoms with Crippen molar-refractivity contribution >= 4 is 9.84 Å². The number of sulfone groups is 1. The van der Waals surface area contributed by atoms with Gasteiger partial charge in [-0.25, -0.2) is 8.42 Å². The largest absolute Gasteiger partial charge is 0.496 e. The van der Waals surface area contributed by atoms with Gasteiger partial charge in [0.1, 0.15) is 5.75 Å². The maximum absolute atomic E-state index is 11.9. The molecule has 5 heteroatoms. The van der Waals surface area contributed by atoms with E-state index in [4.69, 9.17) is 10.5 Å². The van der Waals surface area contributed by atoms with Gasteiger partial charge in [-0.1, -0.05) is 13.0 Å². The van der Waals surface area contributed by atoms with E-state index in [2.05, 4.69) is 0 Å². The Balaban J connectivity index is 3.09. The maximum Gasteiger partial charge on any atom is 0.154 e. The van der Waals surface area contributed by atoms with Crippen LogP contribution in [-0.4, -0.2) is 21.3 Å². The van der Waals surface area contributed by atoms with Gasteiger partial charge in [0.2, 0.25) is 0 Å². The zero-order valence-electron chi connectivity index (χ0n) is 11.1. The lowest BCUT2D eigenvalue weighted by Gasteiger charge is -2.13. The van der Waals surface area contributed by atoms with E-state index in [0.717, 1.165) is 5.56 Å². The van der Waals surface area contributed by atoms with Gasteiger partial charge in [-0.3, -0.25) is 0 Å². The summed E-state index contributed by atoms with van der Waals surface area (Å²) in [5.41, 5.74) is 7.40. The average Bonchev–Trinajstić information content (AvgIpc) is 2.28. The Morgan fingerprint density at radius 1 is 1.39 bits per heavy atom. The number of ether oxygens (including phenoxy) is 1. The molecule has 18 heavy (non-hydrogen) atoms. The van der Waals surface area contributed by atoms with Gasteiger partial charge in [0.15, 0.2) is 9.84 Å². The highest BCUT2D eigenvalue weighted by Gasteiger charge is 2.15. The minimum atomic E-state index is -3.08. The lowest BCUT2D eigenvalue weighted by molar-refractivity contribution is 0.410. The summed E-state index contributed by atoms with van der Waals surface area (Å²) in [5, 5.41) is 0. The lowest BCUT2D eigenvalue weighted by Crippen LogP contribution is -2.11. The van der Waals surface area contributed by atoms with Crippen LogP contribution in [0.5, 0.6) is 5.75 Å². The van der Waals surface area contributed by atoms with Gasteiger partial charge >= 0.3 is 0 Å². The van der Waals surface area contributed by atoms with Crippen molar-refractivity contribution in [3.05, 3.63) is 29.3 Å². The topological polar surface area (TPSA) is 69.4 Å². The fraction of sp³-hybridized carbons (Fsp3) is 0.538. The van der Waals surface area contributed by atoms with E-state index < -0.39 is 9.84 Å². The molecule has 1 rings (SSSR count). The van der Waals surface area contributed by atoms with Gasteiger partial charge in [0.25, 0.3) is 0 Å². The standard InChI is InChI=1S/C13H21NO3S/c1-4-7-18(15,16)9-12-8-11(10(2)14)5-6-13(12)17-3/h5-6,8,10H,4,7,9,14H2,1-3H3. The van der Waals surface area contributed by atoms with Crippen molar-refractivity contribution in [2.75, 3.05) is 12.9 Å². The average molecular weight is 271 g/mol. The zero-order valence-corrected chi connectivity index (χ0v) is 12.0. The Morgan fingerprint density at radius 2 is 2.06 bits per heavy atom. The fourth-order valence-corrected chi connectivity index (χ4v) is 3.28. The highest BCUT2D eigenvalue weighted by atomic mass is 32.2. The van der Waals surface area contributed by atoms with Crippen molar-refractivity contribution in [2.24, 2.45) is 5.73 Å². The second-order valence-electron chi connectivity index (χ2n) is 4.45. The highest BCUT2D eigenvalue weighted by molar-refractivity contribution is 7.90. The zero-order chi connectivity index (χ0) is 13.8. The summed E-state index contributed by atoms with van der Waals surface area (Å²) in [5.74, 6) is 0.794. The molecule has 0 spiro atoms. The molecule has 2 N–H and O–H groups in total. The minimum absolute atomic E-state index is 0.00454. The van der Waals surface area contributed by atoms with Gasteiger partial charge in [-0.15, -0.1) is 0 Å². The van der Waals surface area contributed by atoms with E-state index in [0.29, 0.717) is 17.7 Å². The Bertz CT molecular complexity index is 495. The Kier molecular flexibility index (Phi) is 5.16. The van der Waals surface area contributed by atoms with Gasteiger partial charge in [0.05, 0.1) is 18.6 Å². The van der Waals surface area contributed by atoms with Crippen LogP contribution in [0.1, 0.15) is 37.4 Å². The second kappa shape index (κ2) is 6.20. The Morgan fingerprint density at radius 3 is 2.56 bits per heavy atom. The first-order valence-electron chi connectivity index (χ1n) is 6.02. The van der Waals surface area contributed by atoms with Crippen molar-refractivity contribution in [2.45, 2.75) is 32.1 Å². The predicted molar refractivity (Wildman–Crippen MR) is 73.4 cm³/mol. The van der Waals surface area contributed by atoms with Crippen molar-refractivity contribution in [1.29, 1.82) is 0 Å². The lowest BCUT2D eigenvalue weighted by atomic mass is 10.1. The van der Waals surface area contributed by atoms with Crippen LogP contribution in [0.2, 0.25) is 0 Å². The molecule has 0 aromatic heterocycles. The van der Waals surface area contributed by atoms with E-state index in [-0.39, 0.29) is 17.5 Å². The van der Waals surface area contributed by atoms with Crippen molar-refractivity contribution in [3.63, 3.8) is 0 Å². The molecule has 0 amide bonds. The summed E-state index contributed by atoms with van der Waals surface area (Å²) in [6.07, 6.45) is 0.623. The summed E-state index contributed by atoms with van der Waals surface area (Å²) < 4.78 is 28.9. The molecule has 0 aliphatic rings. The van der Waals surface area contributed by atoms with Gasteiger partial charge < -0.3 is 10.5 Å². The molecule has 1 aromatic rings. The monoisotopic (exact) mass is 271 g/mol. The van der Waals surface area contributed by atoms with Crippen LogP contribution in [0.3, 0.4) is 0 Å². The maximum atomic E-state index is 11.9. The number of nitrogens with two attached hydrogens (primary N) is 1. The molecular weight excluding hydrogens is 250 g/mol. The SMILES string of the molecule is CCCS(=O)(=O)Cc1cc(C(C)N)ccc1OC. The predicted octanol–water partition coefficient (Wildman–Crippen LogP) is 2.04. The summed E-state index contributed by atoms with van der Waals surface area (Å²) in [7, 11) is -1.54. The summed E-state index contributed by atoms with van der Waals surface area (Å²) in [6, 6.07) is 5.33. The molecule has 0 saturated carbocycles. The number of benzene rings is 1. The van der Waals surface area contributed by atoms with Gasteiger partial charge in [-0.05, 0) is 31.0 Å². The van der Waals surface area contributed by atoms with Crippen LogP contribution in [-0.2, 0) is 15.6 Å². The summed E-state index contributed by atoms with van der Waals surface area (Å²) >= 11 is 0. The summed E-state index contributed by atoms with van der Waals surface area (Å²) in [4.78, 5) is 0. The van der Waals surface area contributed by atoms with Crippen molar-refractivity contribution in [3.8, 4) is 5.75 Å². The first kappa shape index (κ1) is 15.0. The second-order valence-corrected chi connectivity index (χ2v) is 6.64. The third-order valence-corrected chi connectivity index (χ3v) is 4.50. The van der Waals surface area contributed by atoms with Gasteiger partial charge in [0, 0.05) is 11.6 Å². The first-order chi connectivity index (χ1) is 8.39. The highest BCUT2D eigenvalue weighted by Crippen LogP contribution is 2.24. The molecular formula is C13H21NO3S. The molecule has 0 aliphatic carbocycles. The third-order valence-electron chi connectivity index (χ3n) is 2.72. The Hall–Kier alpha value is -1.07. The van der Waals surface area contributed by atoms with Gasteiger partial charge in [-0.2, -0.15) is 0 Å². The van der Waals surface area contributed by atoms with Crippen LogP contribution in [0.25, 0.3) is 0 Å². The Labute approximate surface area is 109 Å². The molecule has 0 aliphatic heterocycles. The van der Waals surface area contributed by atoms with Crippen LogP contribution in [0.15, 0.2) is 18.2 Å². The number of hydrogen-bond acceptors (Lipinski definition) is 4. The van der Waals surface area contributed by atoms with Crippen molar-refractivity contribution in [1.82, 2.24) is 0 Å². The molecule has 1 aromatic carbocycles. The van der Waals surface area contributed by atoms with E-state index in [1.807, 2.05) is 26.0 Å². The number of rotatable bonds is 6. The number of hydrogen-bond donors (Lipinski definition) is 1. The van der Waals surface area contributed by atoms with E-state index >= 15 is 0 Å². The minimum Gasteiger partial charge on any atom is -0.496 e. The molecule has 0 saturated heterocycles. The third kappa shape index (κ3) is 3.99. The molecule has 102 valence electrons. The number of methoxy groups -OCH3 is 1. The van der Waals surface area contributed by atoms with Crippen molar-refractivity contribution < 1.29 is 13.2 Å². The molecule has 4 nitrogen and oxygen atoms in total. The van der Waals surface area contributed by atoms with Crippen LogP contribution < -0.4 is 10.5 Å². The molecule has 1 atom stereocenters. The summed E-state index contributed by atoms with van der Waals surface area (Å²) in [6.45, 7) is 3.72. The van der Waals surface area contributed by atoms with Crippen LogP contribution in [0.4, 0.5) is 0 Å². The smallest absolute Gasteiger partial charge is 0.154 e. The van der Waals surface area contributed by atoms with E-state index in [9.17, 15) is 8.42 Å². The van der Waals surface area contributed by atoms with E-state index in [1.54, 1.807) is 6.07 Å².